The minimum Gasteiger partial charge on any atom is -0.349 e. The zero-order valence-electron chi connectivity index (χ0n) is 26.5. The van der Waals surface area contributed by atoms with Crippen molar-refractivity contribution in [3.05, 3.63) is 77.0 Å². The summed E-state index contributed by atoms with van der Waals surface area (Å²) < 4.78 is 108. The van der Waals surface area contributed by atoms with E-state index in [-0.39, 0.29) is 24.8 Å². The summed E-state index contributed by atoms with van der Waals surface area (Å²) in [4.78, 5) is 21.8. The average Bonchev–Trinajstić information content (AvgIpc) is 2.94. The number of amides is 1. The fraction of sp³-hybridized carbons (Fsp3) is 0.438. The summed E-state index contributed by atoms with van der Waals surface area (Å²) in [5.74, 6) is -0.251. The second-order valence-corrected chi connectivity index (χ2v) is 14.7. The van der Waals surface area contributed by atoms with Gasteiger partial charge in [-0.15, -0.1) is 0 Å². The molecule has 2 aromatic carbocycles. The van der Waals surface area contributed by atoms with Crippen LogP contribution in [0, 0.1) is 6.92 Å². The maximum Gasteiger partial charge on any atom is 0.416 e. The van der Waals surface area contributed by atoms with Gasteiger partial charge in [0.1, 0.15) is 5.82 Å². The lowest BCUT2D eigenvalue weighted by Crippen LogP contribution is -2.60. The van der Waals surface area contributed by atoms with Gasteiger partial charge in [-0.25, -0.2) is 13.4 Å². The molecule has 0 radical (unpaired) electrons. The van der Waals surface area contributed by atoms with Gasteiger partial charge < -0.3 is 9.80 Å². The first-order valence-electron chi connectivity index (χ1n) is 14.3. The van der Waals surface area contributed by atoms with Crippen LogP contribution in [-0.2, 0) is 32.6 Å². The molecular formula is C32H36F6N4O3S. The molecule has 1 aromatic heterocycles. The summed E-state index contributed by atoms with van der Waals surface area (Å²) >= 11 is 0. The normalized spacial score (nSPS) is 16.4. The molecule has 14 heteroatoms. The maximum absolute atomic E-state index is 14.0. The third kappa shape index (κ3) is 7.02. The van der Waals surface area contributed by atoms with Gasteiger partial charge in [-0.2, -0.15) is 30.6 Å². The number of alkyl halides is 6. The van der Waals surface area contributed by atoms with Crippen molar-refractivity contribution in [2.24, 2.45) is 0 Å². The van der Waals surface area contributed by atoms with Crippen molar-refractivity contribution in [1.29, 1.82) is 0 Å². The molecule has 0 aliphatic carbocycles. The number of pyridine rings is 1. The van der Waals surface area contributed by atoms with E-state index in [9.17, 15) is 39.6 Å². The van der Waals surface area contributed by atoms with Crippen molar-refractivity contribution in [2.75, 3.05) is 42.7 Å². The average molecular weight is 671 g/mol. The van der Waals surface area contributed by atoms with E-state index in [1.54, 1.807) is 12.1 Å². The number of carbonyl (C=O) groups is 1. The number of piperazine rings is 1. The molecule has 0 unspecified atom stereocenters. The minimum absolute atomic E-state index is 0.0317. The van der Waals surface area contributed by atoms with Crippen molar-refractivity contribution >= 4 is 27.4 Å². The molecule has 1 fully saturated rings. The Kier molecular flexibility index (Phi) is 9.08. The highest BCUT2D eigenvalue weighted by molar-refractivity contribution is 7.88. The molecule has 1 aliphatic rings. The highest BCUT2D eigenvalue weighted by Gasteiger charge is 2.42. The molecule has 7 nitrogen and oxygen atoms in total. The van der Waals surface area contributed by atoms with Crippen LogP contribution >= 0.6 is 0 Å². The predicted molar refractivity (Wildman–Crippen MR) is 165 cm³/mol. The van der Waals surface area contributed by atoms with Crippen LogP contribution in [-0.4, -0.2) is 62.1 Å². The van der Waals surface area contributed by atoms with Gasteiger partial charge in [0.15, 0.2) is 0 Å². The summed E-state index contributed by atoms with van der Waals surface area (Å²) in [5.41, 5.74) is -3.54. The van der Waals surface area contributed by atoms with E-state index in [1.807, 2.05) is 43.9 Å². The summed E-state index contributed by atoms with van der Waals surface area (Å²) in [6, 6.07) is 10.3. The molecule has 1 aliphatic heterocycles. The topological polar surface area (TPSA) is 73.8 Å². The van der Waals surface area contributed by atoms with E-state index >= 15 is 0 Å². The maximum atomic E-state index is 14.0. The Morgan fingerprint density at radius 3 is 1.93 bits per heavy atom. The van der Waals surface area contributed by atoms with Gasteiger partial charge in [0.25, 0.3) is 0 Å². The number of hydrogen-bond donors (Lipinski definition) is 0. The number of hydrogen-bond acceptors (Lipinski definition) is 5. The van der Waals surface area contributed by atoms with E-state index in [0.717, 1.165) is 17.4 Å². The largest absolute Gasteiger partial charge is 0.416 e. The molecule has 0 saturated carbocycles. The molecule has 46 heavy (non-hydrogen) atoms. The lowest BCUT2D eigenvalue weighted by atomic mass is 9.81. The summed E-state index contributed by atoms with van der Waals surface area (Å²) in [6.45, 7) is 8.96. The first-order chi connectivity index (χ1) is 20.9. The van der Waals surface area contributed by atoms with E-state index in [0.29, 0.717) is 30.1 Å². The SMILES string of the molecule is Cc1ccccc1-c1cc(N2CCN(S(C)(=O)=O)CC2(C)C)ncc1N(C)C(=O)C(C)(C)c1cc(C(F)(F)F)cc(C(F)(F)F)c1. The van der Waals surface area contributed by atoms with E-state index in [1.165, 1.54) is 36.3 Å². The van der Waals surface area contributed by atoms with E-state index < -0.39 is 55.9 Å². The number of sulfonamides is 1. The molecule has 0 atom stereocenters. The standard InChI is InChI=1S/C32H36F6N4O3S/c1-20-10-8-9-11-24(20)25-17-27(42-13-12-41(46(7,44)45)19-29(42,2)3)39-18-26(25)40(6)28(43)30(4,5)21-14-22(31(33,34)35)16-23(15-21)32(36,37)38/h8-11,14-18H,12-13,19H2,1-7H3. The number of halogens is 6. The Balaban J connectivity index is 1.82. The summed E-state index contributed by atoms with van der Waals surface area (Å²) in [7, 11) is -2.03. The molecule has 4 rings (SSSR count). The van der Waals surface area contributed by atoms with Gasteiger partial charge in [-0.3, -0.25) is 4.79 Å². The number of likely N-dealkylation sites (N-methyl/N-ethyl adjacent to an activating group) is 1. The molecule has 1 saturated heterocycles. The van der Waals surface area contributed by atoms with Crippen LogP contribution in [0.3, 0.4) is 0 Å². The minimum atomic E-state index is -5.07. The van der Waals surface area contributed by atoms with Crippen LogP contribution in [0.2, 0.25) is 0 Å². The van der Waals surface area contributed by atoms with Crippen LogP contribution < -0.4 is 9.80 Å². The molecule has 0 spiro atoms. The fourth-order valence-electron chi connectivity index (χ4n) is 5.73. The summed E-state index contributed by atoms with van der Waals surface area (Å²) in [6.07, 6.45) is -7.55. The Labute approximate surface area is 264 Å². The van der Waals surface area contributed by atoms with Crippen molar-refractivity contribution in [1.82, 2.24) is 9.29 Å². The Morgan fingerprint density at radius 1 is 0.891 bits per heavy atom. The number of nitrogens with zero attached hydrogens (tertiary/aromatic N) is 4. The van der Waals surface area contributed by atoms with Gasteiger partial charge in [-0.1, -0.05) is 24.3 Å². The van der Waals surface area contributed by atoms with Crippen molar-refractivity contribution in [2.45, 2.75) is 57.9 Å². The Morgan fingerprint density at radius 2 is 1.43 bits per heavy atom. The Hall–Kier alpha value is -3.65. The number of rotatable bonds is 6. The predicted octanol–water partition coefficient (Wildman–Crippen LogP) is 6.90. The van der Waals surface area contributed by atoms with Crippen LogP contribution in [0.1, 0.15) is 49.9 Å². The molecule has 0 N–H and O–H groups in total. The highest BCUT2D eigenvalue weighted by atomic mass is 32.2. The Bertz CT molecular complexity index is 1720. The summed E-state index contributed by atoms with van der Waals surface area (Å²) in [5, 5.41) is 0. The third-order valence-electron chi connectivity index (χ3n) is 8.43. The van der Waals surface area contributed by atoms with E-state index in [2.05, 4.69) is 4.98 Å². The first-order valence-corrected chi connectivity index (χ1v) is 16.2. The fourth-order valence-corrected chi connectivity index (χ4v) is 6.69. The molecule has 2 heterocycles. The van der Waals surface area contributed by atoms with Crippen LogP contribution in [0.25, 0.3) is 11.1 Å². The second kappa shape index (κ2) is 11.9. The van der Waals surface area contributed by atoms with Crippen molar-refractivity contribution in [3.63, 3.8) is 0 Å². The van der Waals surface area contributed by atoms with Gasteiger partial charge in [0.2, 0.25) is 15.9 Å². The number of carbonyl (C=O) groups excluding carboxylic acids is 1. The lowest BCUT2D eigenvalue weighted by molar-refractivity contribution is -0.143. The molecule has 250 valence electrons. The smallest absolute Gasteiger partial charge is 0.349 e. The molecule has 1 amide bonds. The van der Waals surface area contributed by atoms with Crippen molar-refractivity contribution < 1.29 is 39.6 Å². The number of aromatic nitrogens is 1. The molecule has 3 aromatic rings. The third-order valence-corrected chi connectivity index (χ3v) is 9.68. The molecule has 0 bridgehead atoms. The first kappa shape index (κ1) is 35.2. The lowest BCUT2D eigenvalue weighted by Gasteiger charge is -2.47. The van der Waals surface area contributed by atoms with E-state index in [4.69, 9.17) is 0 Å². The number of benzene rings is 2. The van der Waals surface area contributed by atoms with Crippen LogP contribution in [0.5, 0.6) is 0 Å². The van der Waals surface area contributed by atoms with Gasteiger partial charge in [-0.05, 0) is 75.6 Å². The monoisotopic (exact) mass is 670 g/mol. The number of aryl methyl sites for hydroxylation is 1. The zero-order chi connectivity index (χ0) is 34.6. The number of anilines is 2. The highest BCUT2D eigenvalue weighted by Crippen LogP contribution is 2.42. The zero-order valence-corrected chi connectivity index (χ0v) is 27.3. The van der Waals surface area contributed by atoms with Gasteiger partial charge in [0, 0.05) is 37.8 Å². The van der Waals surface area contributed by atoms with Crippen molar-refractivity contribution in [3.8, 4) is 11.1 Å². The van der Waals surface area contributed by atoms with Gasteiger partial charge in [0.05, 0.1) is 34.7 Å². The van der Waals surface area contributed by atoms with Crippen LogP contribution in [0.15, 0.2) is 54.7 Å². The van der Waals surface area contributed by atoms with Crippen LogP contribution in [0.4, 0.5) is 37.8 Å². The second-order valence-electron chi connectivity index (χ2n) is 12.7. The van der Waals surface area contributed by atoms with Gasteiger partial charge >= 0.3 is 12.4 Å². The molecular weight excluding hydrogens is 634 g/mol. The quantitative estimate of drug-likeness (QED) is 0.267.